The van der Waals surface area contributed by atoms with Gasteiger partial charge in [0.1, 0.15) is 0 Å². The van der Waals surface area contributed by atoms with Crippen LogP contribution in [0.2, 0.25) is 0 Å². The molecule has 0 saturated carbocycles. The predicted molar refractivity (Wildman–Crippen MR) is 135 cm³/mol. The third-order valence-electron chi connectivity index (χ3n) is 6.55. The van der Waals surface area contributed by atoms with Crippen molar-refractivity contribution in [2.45, 2.75) is 75.8 Å². The zero-order valence-corrected chi connectivity index (χ0v) is 19.8. The van der Waals surface area contributed by atoms with Crippen LogP contribution in [0, 0.1) is 0 Å². The average Bonchev–Trinajstić information content (AvgIpc) is 3.72. The molecule has 0 bridgehead atoms. The zero-order valence-electron chi connectivity index (χ0n) is 19.8. The Morgan fingerprint density at radius 1 is 0.667 bits per heavy atom. The molecule has 2 aliphatic rings. The maximum atomic E-state index is 5.87. The Bertz CT molecular complexity index is 831. The molecule has 4 unspecified atom stereocenters. The molecule has 2 aromatic carbocycles. The number of rotatable bonds is 16. The van der Waals surface area contributed by atoms with Gasteiger partial charge in [-0.25, -0.2) is 0 Å². The van der Waals surface area contributed by atoms with E-state index in [0.29, 0.717) is 24.4 Å². The zero-order chi connectivity index (χ0) is 22.9. The van der Waals surface area contributed by atoms with Crippen LogP contribution in [0.5, 0.6) is 0 Å². The average molecular weight is 447 g/mol. The van der Waals surface area contributed by atoms with E-state index in [1.165, 1.54) is 22.3 Å². The number of hydrogen-bond donors (Lipinski definition) is 0. The predicted octanol–water partition coefficient (Wildman–Crippen LogP) is 6.04. The molecule has 3 nitrogen and oxygen atoms in total. The molecular formula is C30H38O3. The van der Waals surface area contributed by atoms with Gasteiger partial charge < -0.3 is 14.2 Å². The smallest absolute Gasteiger partial charge is 0.0882 e. The Hall–Kier alpha value is -2.20. The van der Waals surface area contributed by atoms with Crippen LogP contribution in [0.25, 0.3) is 0 Å². The highest BCUT2D eigenvalue weighted by Crippen LogP contribution is 2.31. The van der Waals surface area contributed by atoms with Crippen LogP contribution in [0.1, 0.15) is 47.9 Å². The molecular weight excluding hydrogens is 408 g/mol. The van der Waals surface area contributed by atoms with Gasteiger partial charge in [0, 0.05) is 26.1 Å². The first-order chi connectivity index (χ1) is 16.2. The number of hydrogen-bond acceptors (Lipinski definition) is 3. The molecule has 0 radical (unpaired) electrons. The Morgan fingerprint density at radius 3 is 1.58 bits per heavy atom. The van der Waals surface area contributed by atoms with Crippen molar-refractivity contribution >= 4 is 0 Å². The second kappa shape index (κ2) is 12.3. The third-order valence-corrected chi connectivity index (χ3v) is 6.55. The summed E-state index contributed by atoms with van der Waals surface area (Å²) in [5, 5.41) is 0. The maximum absolute atomic E-state index is 5.87. The lowest BCUT2D eigenvalue weighted by Crippen LogP contribution is -2.04. The summed E-state index contributed by atoms with van der Waals surface area (Å²) in [5.74, 6) is 0. The van der Waals surface area contributed by atoms with Crippen molar-refractivity contribution in [3.63, 3.8) is 0 Å². The second-order valence-corrected chi connectivity index (χ2v) is 9.36. The molecule has 3 heteroatoms. The Balaban J connectivity index is 1.00. The molecule has 33 heavy (non-hydrogen) atoms. The van der Waals surface area contributed by atoms with Gasteiger partial charge in [0.25, 0.3) is 0 Å². The molecule has 2 heterocycles. The highest BCUT2D eigenvalue weighted by molar-refractivity contribution is 5.27. The first-order valence-electron chi connectivity index (χ1n) is 12.5. The highest BCUT2D eigenvalue weighted by Gasteiger charge is 2.38. The maximum Gasteiger partial charge on any atom is 0.0882 e. The Kier molecular flexibility index (Phi) is 8.93. The van der Waals surface area contributed by atoms with Gasteiger partial charge in [0.2, 0.25) is 0 Å². The molecule has 4 atom stereocenters. The fourth-order valence-corrected chi connectivity index (χ4v) is 4.67. The van der Waals surface area contributed by atoms with Crippen molar-refractivity contribution in [1.82, 2.24) is 0 Å². The quantitative estimate of drug-likeness (QED) is 0.179. The third kappa shape index (κ3) is 7.96. The van der Waals surface area contributed by atoms with Crippen molar-refractivity contribution in [3.8, 4) is 0 Å². The van der Waals surface area contributed by atoms with Gasteiger partial charge in [0.15, 0.2) is 0 Å². The van der Waals surface area contributed by atoms with E-state index < -0.39 is 0 Å². The van der Waals surface area contributed by atoms with Gasteiger partial charge in [-0.3, -0.25) is 0 Å². The van der Waals surface area contributed by atoms with Crippen LogP contribution < -0.4 is 0 Å². The molecule has 0 aromatic heterocycles. The Morgan fingerprint density at radius 2 is 1.12 bits per heavy atom. The normalized spacial score (nSPS) is 23.3. The minimum absolute atomic E-state index is 0.380. The van der Waals surface area contributed by atoms with Crippen molar-refractivity contribution in [1.29, 1.82) is 0 Å². The van der Waals surface area contributed by atoms with Crippen molar-refractivity contribution < 1.29 is 14.2 Å². The summed E-state index contributed by atoms with van der Waals surface area (Å²) < 4.78 is 17.6. The molecule has 2 aromatic rings. The van der Waals surface area contributed by atoms with Crippen molar-refractivity contribution in [3.05, 3.63) is 96.1 Å². The van der Waals surface area contributed by atoms with Crippen molar-refractivity contribution in [2.24, 2.45) is 0 Å². The molecule has 0 aliphatic carbocycles. The van der Waals surface area contributed by atoms with Gasteiger partial charge in [0.05, 0.1) is 24.4 Å². The highest BCUT2D eigenvalue weighted by atomic mass is 16.6. The van der Waals surface area contributed by atoms with E-state index in [0.717, 1.165) is 64.6 Å². The van der Waals surface area contributed by atoms with E-state index in [9.17, 15) is 0 Å². The monoisotopic (exact) mass is 446 g/mol. The standard InChI is InChI=1S/C30H38O3/c1-3-9-23-11-5-13-25(19-23)21-29-27(32-29)15-7-17-31-18-8-16-28-30(33-28)22-26-14-6-12-24(20-26)10-4-2/h3-6,11-14,19-20,27-30H,1-2,7-10,15-18,21-22H2. The Labute approximate surface area is 199 Å². The summed E-state index contributed by atoms with van der Waals surface area (Å²) in [6, 6.07) is 17.5. The van der Waals surface area contributed by atoms with Gasteiger partial charge in [-0.05, 0) is 60.8 Å². The number of allylic oxidation sites excluding steroid dienone is 2. The van der Waals surface area contributed by atoms with Gasteiger partial charge in [-0.1, -0.05) is 60.7 Å². The van der Waals surface area contributed by atoms with E-state index in [1.54, 1.807) is 0 Å². The molecule has 0 amide bonds. The summed E-state index contributed by atoms with van der Waals surface area (Å²) in [4.78, 5) is 0. The molecule has 0 N–H and O–H groups in total. The summed E-state index contributed by atoms with van der Waals surface area (Å²) in [5.41, 5.74) is 5.38. The summed E-state index contributed by atoms with van der Waals surface area (Å²) in [6.45, 7) is 9.30. The van der Waals surface area contributed by atoms with Crippen LogP contribution in [-0.4, -0.2) is 37.6 Å². The summed E-state index contributed by atoms with van der Waals surface area (Å²) in [6.07, 6.45) is 13.7. The number of epoxide rings is 2. The fourth-order valence-electron chi connectivity index (χ4n) is 4.67. The van der Waals surface area contributed by atoms with Crippen molar-refractivity contribution in [2.75, 3.05) is 13.2 Å². The van der Waals surface area contributed by atoms with E-state index in [2.05, 4.69) is 61.7 Å². The van der Waals surface area contributed by atoms with Gasteiger partial charge in [-0.15, -0.1) is 13.2 Å². The summed E-state index contributed by atoms with van der Waals surface area (Å²) >= 11 is 0. The lowest BCUT2D eigenvalue weighted by molar-refractivity contribution is 0.123. The fraction of sp³-hybridized carbons (Fsp3) is 0.467. The van der Waals surface area contributed by atoms with E-state index in [4.69, 9.17) is 14.2 Å². The van der Waals surface area contributed by atoms with E-state index in [-0.39, 0.29) is 0 Å². The van der Waals surface area contributed by atoms with E-state index >= 15 is 0 Å². The molecule has 2 fully saturated rings. The molecule has 2 saturated heterocycles. The lowest BCUT2D eigenvalue weighted by Gasteiger charge is -2.04. The van der Waals surface area contributed by atoms with E-state index in [1.807, 2.05) is 12.2 Å². The minimum Gasteiger partial charge on any atom is -0.381 e. The van der Waals surface area contributed by atoms with Crippen LogP contribution in [0.3, 0.4) is 0 Å². The first-order valence-corrected chi connectivity index (χ1v) is 12.5. The summed E-state index contributed by atoms with van der Waals surface area (Å²) in [7, 11) is 0. The van der Waals surface area contributed by atoms with Gasteiger partial charge in [-0.2, -0.15) is 0 Å². The lowest BCUT2D eigenvalue weighted by atomic mass is 10.0. The largest absolute Gasteiger partial charge is 0.381 e. The molecule has 2 aliphatic heterocycles. The second-order valence-electron chi connectivity index (χ2n) is 9.36. The minimum atomic E-state index is 0.380. The van der Waals surface area contributed by atoms with Crippen LogP contribution in [0.15, 0.2) is 73.8 Å². The number of ether oxygens (including phenoxy) is 3. The molecule has 0 spiro atoms. The first kappa shape index (κ1) is 23.9. The molecule has 4 rings (SSSR count). The van der Waals surface area contributed by atoms with Crippen LogP contribution in [0.4, 0.5) is 0 Å². The SMILES string of the molecule is C=CCc1cccc(CC2OC2CCCOCCCC2OC2Cc2cccc(CC=C)c2)c1. The number of benzene rings is 2. The van der Waals surface area contributed by atoms with Crippen LogP contribution in [-0.2, 0) is 39.9 Å². The topological polar surface area (TPSA) is 34.3 Å². The molecule has 176 valence electrons. The van der Waals surface area contributed by atoms with Crippen LogP contribution >= 0.6 is 0 Å². The van der Waals surface area contributed by atoms with Gasteiger partial charge >= 0.3 is 0 Å².